The summed E-state index contributed by atoms with van der Waals surface area (Å²) in [7, 11) is -5.17. The molecule has 0 spiro atoms. The van der Waals surface area contributed by atoms with Crippen LogP contribution in [-0.2, 0) is 65.0 Å². The van der Waals surface area contributed by atoms with Gasteiger partial charge in [0.05, 0.1) is 0 Å². The predicted molar refractivity (Wildman–Crippen MR) is 10.5 cm³/mol. The molecule has 0 aliphatic heterocycles. The third-order valence-corrected chi connectivity index (χ3v) is 0. The van der Waals surface area contributed by atoms with E-state index < -0.39 is 10.4 Å². The molecule has 0 aromatic heterocycles. The van der Waals surface area contributed by atoms with Crippen molar-refractivity contribution in [1.29, 1.82) is 0 Å². The van der Waals surface area contributed by atoms with Crippen molar-refractivity contribution in [3.05, 3.63) is 0 Å². The van der Waals surface area contributed by atoms with Gasteiger partial charge in [-0.3, -0.25) is 8.42 Å². The van der Waals surface area contributed by atoms with Crippen molar-refractivity contribution in [2.24, 2.45) is 0 Å². The van der Waals surface area contributed by atoms with Gasteiger partial charge >= 0.3 is 54.6 Å². The summed E-state index contributed by atoms with van der Waals surface area (Å²) in [6.07, 6.45) is 0. The molecule has 0 aliphatic rings. The van der Waals surface area contributed by atoms with Crippen LogP contribution in [0.4, 0.5) is 0 Å². The van der Waals surface area contributed by atoms with Crippen molar-refractivity contribution in [2.75, 3.05) is 0 Å². The van der Waals surface area contributed by atoms with E-state index >= 15 is 0 Å². The zero-order chi connectivity index (χ0) is 4.50. The molecule has 0 unspecified atom stereocenters. The molecule has 0 radical (unpaired) electrons. The van der Waals surface area contributed by atoms with E-state index in [9.17, 15) is 0 Å². The van der Waals surface area contributed by atoms with E-state index in [1.54, 1.807) is 0 Å². The number of hydrogen-bond donors (Lipinski definition) is 0. The van der Waals surface area contributed by atoms with E-state index in [0.717, 1.165) is 0 Å². The van der Waals surface area contributed by atoms with Crippen LogP contribution in [0, 0.1) is 0 Å². The minimum absolute atomic E-state index is 0. The van der Waals surface area contributed by atoms with Gasteiger partial charge in [-0.2, -0.15) is 0 Å². The van der Waals surface area contributed by atoms with E-state index in [1.807, 2.05) is 0 Å². The van der Waals surface area contributed by atoms with Gasteiger partial charge in [-0.15, -0.1) is 0 Å². The first-order valence-corrected chi connectivity index (χ1v) is 2.00. The number of hydrogen-bond acceptors (Lipinski definition) is 4. The van der Waals surface area contributed by atoms with Crippen LogP contribution in [0.1, 0.15) is 0 Å². The van der Waals surface area contributed by atoms with E-state index in [1.165, 1.54) is 0 Å². The van der Waals surface area contributed by atoms with Crippen molar-refractivity contribution in [3.8, 4) is 0 Å². The summed E-state index contributed by atoms with van der Waals surface area (Å²) < 4.78 is 34.1. The first-order valence-electron chi connectivity index (χ1n) is 0.667. The standard InChI is InChI=1S/2Cd.H2O4S/c;;1-5(2,3)4/h;;(H2,1,2,3,4)/q2*+2;/p-2. The van der Waals surface area contributed by atoms with Gasteiger partial charge in [0.15, 0.2) is 0 Å². The molecule has 7 heavy (non-hydrogen) atoms. The summed E-state index contributed by atoms with van der Waals surface area (Å²) in [4.78, 5) is 0. The summed E-state index contributed by atoms with van der Waals surface area (Å²) in [5.74, 6) is 0. The topological polar surface area (TPSA) is 80.3 Å². The smallest absolute Gasteiger partial charge is 0.759 e. The molecular formula is Cd2O4S+2. The monoisotopic (exact) mass is 324 g/mol. The summed E-state index contributed by atoms with van der Waals surface area (Å²) >= 11 is 0. The molecule has 0 aromatic rings. The van der Waals surface area contributed by atoms with Gasteiger partial charge in [-0.1, -0.05) is 0 Å². The molecule has 0 N–H and O–H groups in total. The second-order valence-electron chi connectivity index (χ2n) is 0.408. The average molecular weight is 321 g/mol. The van der Waals surface area contributed by atoms with Crippen molar-refractivity contribution >= 4 is 10.4 Å². The van der Waals surface area contributed by atoms with Gasteiger partial charge in [0.1, 0.15) is 0 Å². The average Bonchev–Trinajstić information content (AvgIpc) is 0.722. The third-order valence-electron chi connectivity index (χ3n) is 0. The molecule has 0 aliphatic carbocycles. The Hall–Kier alpha value is 1.71. The van der Waals surface area contributed by atoms with Crippen LogP contribution in [-0.4, -0.2) is 17.5 Å². The molecule has 0 aromatic carbocycles. The van der Waals surface area contributed by atoms with Crippen LogP contribution in [0.5, 0.6) is 0 Å². The van der Waals surface area contributed by atoms with Crippen molar-refractivity contribution in [3.63, 3.8) is 0 Å². The Morgan fingerprint density at radius 3 is 1.00 bits per heavy atom. The van der Waals surface area contributed by atoms with Gasteiger partial charge in [0.25, 0.3) is 0 Å². The second-order valence-corrected chi connectivity index (χ2v) is 1.22. The molecule has 7 heteroatoms. The van der Waals surface area contributed by atoms with Gasteiger partial charge in [-0.25, -0.2) is 0 Å². The Labute approximate surface area is 81.6 Å². The first-order chi connectivity index (χ1) is 2.00. The Morgan fingerprint density at radius 1 is 1.00 bits per heavy atom. The maximum Gasteiger partial charge on any atom is 2.00 e. The maximum atomic E-state index is 8.52. The quantitative estimate of drug-likeness (QED) is 0.314. The van der Waals surface area contributed by atoms with Crippen molar-refractivity contribution < 1.29 is 72.1 Å². The Bertz CT molecular complexity index is 92.9. The van der Waals surface area contributed by atoms with Gasteiger partial charge < -0.3 is 9.11 Å². The number of rotatable bonds is 0. The van der Waals surface area contributed by atoms with Gasteiger partial charge in [0.2, 0.25) is 0 Å². The molecule has 0 fully saturated rings. The normalized spacial score (nSPS) is 8.29. The van der Waals surface area contributed by atoms with Crippen molar-refractivity contribution in [2.45, 2.75) is 0 Å². The predicted octanol–water partition coefficient (Wildman–Crippen LogP) is -1.34. The summed E-state index contributed by atoms with van der Waals surface area (Å²) in [5, 5.41) is 0. The zero-order valence-corrected chi connectivity index (χ0v) is 12.3. The third kappa shape index (κ3) is 85.7. The fourth-order valence-electron chi connectivity index (χ4n) is 0. The Balaban J connectivity index is -0.0000000800. The van der Waals surface area contributed by atoms with Gasteiger partial charge in [-0.05, 0) is 0 Å². The van der Waals surface area contributed by atoms with E-state index in [4.69, 9.17) is 17.5 Å². The molecule has 4 nitrogen and oxygen atoms in total. The van der Waals surface area contributed by atoms with Crippen LogP contribution < -0.4 is 0 Å². The van der Waals surface area contributed by atoms with E-state index in [0.29, 0.717) is 0 Å². The molecule has 0 amide bonds. The maximum absolute atomic E-state index is 8.52. The summed E-state index contributed by atoms with van der Waals surface area (Å²) in [6.45, 7) is 0. The zero-order valence-electron chi connectivity index (χ0n) is 3.46. The van der Waals surface area contributed by atoms with Crippen LogP contribution in [0.3, 0.4) is 0 Å². The van der Waals surface area contributed by atoms with Gasteiger partial charge in [0, 0.05) is 10.4 Å². The molecule has 0 saturated carbocycles. The van der Waals surface area contributed by atoms with E-state index in [2.05, 4.69) is 0 Å². The summed E-state index contributed by atoms with van der Waals surface area (Å²) in [5.41, 5.74) is 0. The first kappa shape index (κ1) is 15.9. The second kappa shape index (κ2) is 5.84. The van der Waals surface area contributed by atoms with Crippen molar-refractivity contribution in [1.82, 2.24) is 0 Å². The Kier molecular flexibility index (Phi) is 13.3. The largest absolute Gasteiger partial charge is 2.00 e. The summed E-state index contributed by atoms with van der Waals surface area (Å²) in [6, 6.07) is 0. The Morgan fingerprint density at radius 2 is 1.00 bits per heavy atom. The molecule has 32 valence electrons. The minimum Gasteiger partial charge on any atom is -0.759 e. The van der Waals surface area contributed by atoms with Crippen LogP contribution in [0.2, 0.25) is 0 Å². The molecule has 0 bridgehead atoms. The van der Waals surface area contributed by atoms with Crippen LogP contribution in [0.25, 0.3) is 0 Å². The van der Waals surface area contributed by atoms with Crippen LogP contribution >= 0.6 is 0 Å². The van der Waals surface area contributed by atoms with Crippen LogP contribution in [0.15, 0.2) is 0 Å². The molecular weight excluding hydrogens is 321 g/mol. The SMILES string of the molecule is O=S(=O)([O-])[O-].[Cd+2].[Cd+2]. The van der Waals surface area contributed by atoms with E-state index in [-0.39, 0.29) is 54.6 Å². The molecule has 0 heterocycles. The fourth-order valence-corrected chi connectivity index (χ4v) is 0. The minimum atomic E-state index is -5.17. The molecule has 0 saturated heterocycles. The fraction of sp³-hybridized carbons (Fsp3) is 0. The molecule has 0 rings (SSSR count). The molecule has 0 atom stereocenters.